The fraction of sp³-hybridized carbons (Fsp3) is 0.136. The van der Waals surface area contributed by atoms with Gasteiger partial charge in [-0.2, -0.15) is 5.10 Å². The number of rotatable bonds is 5. The van der Waals surface area contributed by atoms with Crippen LogP contribution in [0.25, 0.3) is 33.2 Å². The van der Waals surface area contributed by atoms with Gasteiger partial charge >= 0.3 is 0 Å². The van der Waals surface area contributed by atoms with Crippen molar-refractivity contribution in [1.82, 2.24) is 30.5 Å². The zero-order valence-electron chi connectivity index (χ0n) is 16.1. The first kappa shape index (κ1) is 18.7. The van der Waals surface area contributed by atoms with Crippen LogP contribution in [0.3, 0.4) is 0 Å². The lowest BCUT2D eigenvalue weighted by Crippen LogP contribution is -2.25. The summed E-state index contributed by atoms with van der Waals surface area (Å²) >= 11 is 6.07. The predicted molar refractivity (Wildman–Crippen MR) is 117 cm³/mol. The van der Waals surface area contributed by atoms with E-state index in [-0.39, 0.29) is 6.04 Å². The van der Waals surface area contributed by atoms with E-state index >= 15 is 0 Å². The van der Waals surface area contributed by atoms with Crippen molar-refractivity contribution >= 4 is 33.5 Å². The minimum absolute atomic E-state index is 0.107. The minimum Gasteiger partial charge on any atom is -0.371 e. The molecule has 5 rings (SSSR count). The number of imidazole rings is 1. The highest BCUT2D eigenvalue weighted by molar-refractivity contribution is 6.30. The molecule has 30 heavy (non-hydrogen) atoms. The zero-order valence-corrected chi connectivity index (χ0v) is 16.9. The van der Waals surface area contributed by atoms with Crippen LogP contribution in [0.2, 0.25) is 5.02 Å². The number of fused-ring (bicyclic) bond motifs is 2. The maximum Gasteiger partial charge on any atom is 0.164 e. The summed E-state index contributed by atoms with van der Waals surface area (Å²) in [6.07, 6.45) is 2.52. The Morgan fingerprint density at radius 2 is 1.90 bits per heavy atom. The van der Waals surface area contributed by atoms with Crippen molar-refractivity contribution in [1.29, 1.82) is 0 Å². The number of hydrogen-bond donors (Lipinski definition) is 4. The molecule has 0 saturated heterocycles. The Balaban J connectivity index is 1.45. The summed E-state index contributed by atoms with van der Waals surface area (Å²) in [6.45, 7) is 1.97. The molecular formula is C22H19ClN6O. The maximum atomic E-state index is 10.7. The molecule has 0 aliphatic heterocycles. The van der Waals surface area contributed by atoms with E-state index < -0.39 is 6.23 Å². The number of aromatic nitrogens is 5. The van der Waals surface area contributed by atoms with Crippen molar-refractivity contribution in [3.8, 4) is 11.3 Å². The third-order valence-corrected chi connectivity index (χ3v) is 5.39. The summed E-state index contributed by atoms with van der Waals surface area (Å²) in [7, 11) is 0. The predicted octanol–water partition coefficient (Wildman–Crippen LogP) is 4.50. The number of halogens is 1. The largest absolute Gasteiger partial charge is 0.371 e. The maximum absolute atomic E-state index is 10.7. The van der Waals surface area contributed by atoms with Gasteiger partial charge in [-0.3, -0.25) is 15.4 Å². The van der Waals surface area contributed by atoms with Gasteiger partial charge < -0.3 is 10.1 Å². The van der Waals surface area contributed by atoms with Gasteiger partial charge in [0.1, 0.15) is 5.69 Å². The Morgan fingerprint density at radius 1 is 1.07 bits per heavy atom. The highest BCUT2D eigenvalue weighted by atomic mass is 35.5. The molecule has 0 amide bonds. The topological polar surface area (TPSA) is 103 Å². The molecule has 7 nitrogen and oxygen atoms in total. The molecule has 0 fully saturated rings. The number of benzene rings is 2. The molecule has 2 atom stereocenters. The molecule has 0 bridgehead atoms. The van der Waals surface area contributed by atoms with E-state index in [2.05, 4.69) is 30.5 Å². The molecule has 0 aliphatic carbocycles. The lowest BCUT2D eigenvalue weighted by molar-refractivity contribution is 0.118. The van der Waals surface area contributed by atoms with Crippen LogP contribution in [0.1, 0.15) is 30.6 Å². The highest BCUT2D eigenvalue weighted by Gasteiger charge is 2.18. The van der Waals surface area contributed by atoms with Crippen LogP contribution in [0.4, 0.5) is 0 Å². The van der Waals surface area contributed by atoms with E-state index in [9.17, 15) is 5.11 Å². The Morgan fingerprint density at radius 3 is 2.70 bits per heavy atom. The molecule has 2 aromatic carbocycles. The fourth-order valence-electron chi connectivity index (χ4n) is 3.59. The molecule has 5 aromatic rings. The minimum atomic E-state index is -0.956. The van der Waals surface area contributed by atoms with Crippen LogP contribution in [0, 0.1) is 0 Å². The first-order chi connectivity index (χ1) is 14.6. The molecule has 4 N–H and O–H groups in total. The number of aliphatic hydroxyl groups is 1. The van der Waals surface area contributed by atoms with Gasteiger partial charge in [0.2, 0.25) is 0 Å². The van der Waals surface area contributed by atoms with Crippen molar-refractivity contribution in [2.24, 2.45) is 0 Å². The molecule has 0 spiro atoms. The van der Waals surface area contributed by atoms with Crippen molar-refractivity contribution in [2.45, 2.75) is 19.2 Å². The van der Waals surface area contributed by atoms with Crippen LogP contribution < -0.4 is 5.32 Å². The summed E-state index contributed by atoms with van der Waals surface area (Å²) in [4.78, 5) is 11.9. The summed E-state index contributed by atoms with van der Waals surface area (Å²) in [5.74, 6) is 0.449. The lowest BCUT2D eigenvalue weighted by atomic mass is 10.1. The standard InChI is InChI=1S/C22H19ClN6O/c1-12(14-3-2-4-15(23)9-14)25-22(30)21-26-18-10-16-17(11-19(18)27-21)28-29-20(16)13-5-7-24-8-6-13/h2-12,22,25,30H,1H3,(H,26,27)(H,28,29)/t12-,22?/m1/s1. The number of nitrogens with zero attached hydrogens (tertiary/aromatic N) is 3. The van der Waals surface area contributed by atoms with E-state index in [1.165, 1.54) is 0 Å². The van der Waals surface area contributed by atoms with Gasteiger partial charge in [0.25, 0.3) is 0 Å². The average molecular weight is 419 g/mol. The Hall–Kier alpha value is -3.26. The van der Waals surface area contributed by atoms with E-state index in [1.807, 2.05) is 55.5 Å². The van der Waals surface area contributed by atoms with Crippen LogP contribution in [-0.4, -0.2) is 30.3 Å². The van der Waals surface area contributed by atoms with E-state index in [0.29, 0.717) is 10.8 Å². The van der Waals surface area contributed by atoms with Crippen LogP contribution in [0.15, 0.2) is 60.9 Å². The van der Waals surface area contributed by atoms with Crippen molar-refractivity contribution in [2.75, 3.05) is 0 Å². The monoisotopic (exact) mass is 418 g/mol. The number of nitrogens with one attached hydrogen (secondary N) is 3. The first-order valence-electron chi connectivity index (χ1n) is 9.56. The summed E-state index contributed by atoms with van der Waals surface area (Å²) in [5.41, 5.74) is 5.26. The Kier molecular flexibility index (Phi) is 4.71. The molecule has 0 saturated carbocycles. The first-order valence-corrected chi connectivity index (χ1v) is 9.94. The summed E-state index contributed by atoms with van der Waals surface area (Å²) in [6, 6.07) is 15.2. The quantitative estimate of drug-likeness (QED) is 0.315. The van der Waals surface area contributed by atoms with Crippen LogP contribution >= 0.6 is 11.6 Å². The SMILES string of the molecule is C[C@@H](NC(O)c1nc2cc3c(-c4ccncc4)n[nH]c3cc2[nH]1)c1cccc(Cl)c1. The molecule has 3 heterocycles. The van der Waals surface area contributed by atoms with E-state index in [0.717, 1.165) is 38.8 Å². The smallest absolute Gasteiger partial charge is 0.164 e. The second-order valence-corrected chi connectivity index (χ2v) is 7.63. The van der Waals surface area contributed by atoms with Gasteiger partial charge in [-0.05, 0) is 48.9 Å². The molecule has 1 unspecified atom stereocenters. The van der Waals surface area contributed by atoms with E-state index in [1.54, 1.807) is 12.4 Å². The Bertz CT molecular complexity index is 1330. The average Bonchev–Trinajstić information content (AvgIpc) is 3.36. The van der Waals surface area contributed by atoms with Gasteiger partial charge in [-0.1, -0.05) is 23.7 Å². The van der Waals surface area contributed by atoms with Gasteiger partial charge in [0, 0.05) is 34.4 Å². The van der Waals surface area contributed by atoms with Gasteiger partial charge in [-0.15, -0.1) is 0 Å². The van der Waals surface area contributed by atoms with Crippen molar-refractivity contribution in [3.05, 3.63) is 77.3 Å². The third-order valence-electron chi connectivity index (χ3n) is 5.15. The molecular weight excluding hydrogens is 400 g/mol. The van der Waals surface area contributed by atoms with Gasteiger partial charge in [0.15, 0.2) is 12.1 Å². The molecule has 0 aliphatic rings. The van der Waals surface area contributed by atoms with Crippen molar-refractivity contribution in [3.63, 3.8) is 0 Å². The highest BCUT2D eigenvalue weighted by Crippen LogP contribution is 2.29. The number of aliphatic hydroxyl groups excluding tert-OH is 1. The summed E-state index contributed by atoms with van der Waals surface area (Å²) in [5, 5.41) is 23.0. The van der Waals surface area contributed by atoms with E-state index in [4.69, 9.17) is 11.6 Å². The van der Waals surface area contributed by atoms with Crippen LogP contribution in [-0.2, 0) is 0 Å². The molecule has 0 radical (unpaired) electrons. The number of H-pyrrole nitrogens is 2. The molecule has 3 aromatic heterocycles. The number of pyridine rings is 1. The third kappa shape index (κ3) is 3.43. The number of hydrogen-bond acceptors (Lipinski definition) is 5. The molecule has 150 valence electrons. The van der Waals surface area contributed by atoms with Gasteiger partial charge in [0.05, 0.1) is 16.6 Å². The van der Waals surface area contributed by atoms with Gasteiger partial charge in [-0.25, -0.2) is 4.98 Å². The fourth-order valence-corrected chi connectivity index (χ4v) is 3.79. The summed E-state index contributed by atoms with van der Waals surface area (Å²) < 4.78 is 0. The van der Waals surface area contributed by atoms with Crippen molar-refractivity contribution < 1.29 is 5.11 Å². The number of aromatic amines is 2. The lowest BCUT2D eigenvalue weighted by Gasteiger charge is -2.18. The zero-order chi connectivity index (χ0) is 20.7. The second kappa shape index (κ2) is 7.53. The van der Waals surface area contributed by atoms with Crippen LogP contribution in [0.5, 0.6) is 0 Å². The Labute approximate surface area is 177 Å². The second-order valence-electron chi connectivity index (χ2n) is 7.19. The molecule has 8 heteroatoms. The normalized spacial score (nSPS) is 13.7.